The summed E-state index contributed by atoms with van der Waals surface area (Å²) in [5.41, 5.74) is 21.7. The second-order valence-corrected chi connectivity index (χ2v) is 17.2. The first kappa shape index (κ1) is 27.8. The van der Waals surface area contributed by atoms with E-state index in [0.29, 0.717) is 0 Å². The first-order valence-corrected chi connectivity index (χ1v) is 19.3. The van der Waals surface area contributed by atoms with Gasteiger partial charge in [0.05, 0.1) is 10.8 Å². The number of rotatable bonds is 0. The summed E-state index contributed by atoms with van der Waals surface area (Å²) in [7, 11) is 0. The summed E-state index contributed by atoms with van der Waals surface area (Å²) in [5.74, 6) is 0. The largest absolute Gasteiger partial charge is 0.135 e. The van der Waals surface area contributed by atoms with Crippen molar-refractivity contribution in [3.8, 4) is 22.3 Å². The lowest BCUT2D eigenvalue weighted by atomic mass is 9.68. The highest BCUT2D eigenvalue weighted by Gasteiger charge is 2.65. The molecule has 0 saturated carbocycles. The maximum Gasteiger partial charge on any atom is 0.0751 e. The van der Waals surface area contributed by atoms with Gasteiger partial charge in [-0.15, -0.1) is 22.7 Å². The van der Waals surface area contributed by atoms with Crippen molar-refractivity contribution in [2.75, 3.05) is 0 Å². The Labute approximate surface area is 300 Å². The third-order valence-corrected chi connectivity index (χ3v) is 14.7. The van der Waals surface area contributed by atoms with Crippen molar-refractivity contribution in [1.29, 1.82) is 0 Å². The zero-order valence-corrected chi connectivity index (χ0v) is 30.0. The van der Waals surface area contributed by atoms with E-state index in [2.05, 4.69) is 149 Å². The molecule has 2 heterocycles. The molecule has 4 aliphatic rings. The Morgan fingerprint density at radius 2 is 0.700 bits per heavy atom. The van der Waals surface area contributed by atoms with Gasteiger partial charge in [0.15, 0.2) is 0 Å². The van der Waals surface area contributed by atoms with Crippen LogP contribution in [0, 0.1) is 27.7 Å². The quantitative estimate of drug-likeness (QED) is 0.150. The number of hydrogen-bond donors (Lipinski definition) is 0. The first-order chi connectivity index (χ1) is 24.4. The molecule has 0 radical (unpaired) electrons. The third-order valence-electron chi connectivity index (χ3n) is 12.3. The molecule has 0 saturated heterocycles. The van der Waals surface area contributed by atoms with E-state index in [4.69, 9.17) is 0 Å². The van der Waals surface area contributed by atoms with Crippen LogP contribution < -0.4 is 0 Å². The van der Waals surface area contributed by atoms with Crippen molar-refractivity contribution in [2.45, 2.75) is 38.5 Å². The van der Waals surface area contributed by atoms with E-state index < -0.39 is 10.8 Å². The van der Waals surface area contributed by atoms with Gasteiger partial charge in [-0.05, 0) is 117 Å². The highest BCUT2D eigenvalue weighted by molar-refractivity contribution is 7.22. The fourth-order valence-electron chi connectivity index (χ4n) is 10.6. The van der Waals surface area contributed by atoms with E-state index in [1.54, 1.807) is 0 Å². The summed E-state index contributed by atoms with van der Waals surface area (Å²) in [5, 5.41) is 2.79. The van der Waals surface area contributed by atoms with Crippen LogP contribution in [0.3, 0.4) is 0 Å². The number of thiophene rings is 2. The molecule has 8 aromatic rings. The standard InChI is InChI=1S/C48H32S2/c1-25-13-17-29-30-18-14-26(2)22-36(30)47(35(29)21-25)41-33-9-5-7-11-39(33)49-45(41)44-43(47)46-42(34-10-6-8-12-40(34)50-46)48(44)37-23-27(3)15-19-31(37)32-20-16-28(4)24-38(32)48/h5-24H,1-4H3. The Bertz CT molecular complexity index is 2620. The SMILES string of the molecule is Cc1ccc2c(c1)C1(C3=C(c4sc5ccccc5c41)C1(c4cc(C)ccc4-c4ccc(C)cc41)c1c3sc3ccccc13)c1cc(C)ccc1-2. The molecule has 12 rings (SSSR count). The summed E-state index contributed by atoms with van der Waals surface area (Å²) < 4.78 is 2.75. The average Bonchev–Trinajstić information content (AvgIpc) is 3.92. The van der Waals surface area contributed by atoms with Crippen molar-refractivity contribution in [1.82, 2.24) is 0 Å². The molecule has 6 aromatic carbocycles. The Balaban J connectivity index is 1.39. The van der Waals surface area contributed by atoms with Gasteiger partial charge in [-0.25, -0.2) is 0 Å². The summed E-state index contributed by atoms with van der Waals surface area (Å²) in [6, 6.07) is 47.5. The van der Waals surface area contributed by atoms with Gasteiger partial charge in [-0.3, -0.25) is 0 Å². The summed E-state index contributed by atoms with van der Waals surface area (Å²) in [4.78, 5) is 2.94. The zero-order valence-electron chi connectivity index (χ0n) is 28.4. The van der Waals surface area contributed by atoms with Gasteiger partial charge in [0, 0.05) is 19.2 Å². The van der Waals surface area contributed by atoms with E-state index in [1.807, 2.05) is 22.7 Å². The maximum absolute atomic E-state index is 2.53. The molecule has 0 nitrogen and oxygen atoms in total. The monoisotopic (exact) mass is 672 g/mol. The van der Waals surface area contributed by atoms with E-state index >= 15 is 0 Å². The third kappa shape index (κ3) is 2.92. The second kappa shape index (κ2) is 9.01. The van der Waals surface area contributed by atoms with Crippen LogP contribution >= 0.6 is 22.7 Å². The van der Waals surface area contributed by atoms with Gasteiger partial charge in [-0.1, -0.05) is 131 Å². The van der Waals surface area contributed by atoms with Crippen molar-refractivity contribution in [3.63, 3.8) is 0 Å². The molecule has 4 aliphatic carbocycles. The van der Waals surface area contributed by atoms with Crippen LogP contribution in [0.5, 0.6) is 0 Å². The van der Waals surface area contributed by atoms with Crippen LogP contribution in [0.4, 0.5) is 0 Å². The minimum atomic E-state index is -0.428. The van der Waals surface area contributed by atoms with E-state index in [0.717, 1.165) is 0 Å². The zero-order chi connectivity index (χ0) is 33.3. The molecule has 0 fully saturated rings. The predicted octanol–water partition coefficient (Wildman–Crippen LogP) is 12.9. The molecule has 236 valence electrons. The first-order valence-electron chi connectivity index (χ1n) is 17.7. The van der Waals surface area contributed by atoms with E-state index in [-0.39, 0.29) is 0 Å². The number of aryl methyl sites for hydroxylation is 4. The fourth-order valence-corrected chi connectivity index (χ4v) is 13.3. The number of allylic oxidation sites excluding steroid dienone is 2. The van der Waals surface area contributed by atoms with Gasteiger partial charge in [0.1, 0.15) is 0 Å². The molecule has 50 heavy (non-hydrogen) atoms. The fraction of sp³-hybridized carbons (Fsp3) is 0.125. The van der Waals surface area contributed by atoms with Gasteiger partial charge in [0.25, 0.3) is 0 Å². The number of fused-ring (bicyclic) bond motifs is 22. The van der Waals surface area contributed by atoms with Gasteiger partial charge < -0.3 is 0 Å². The lowest BCUT2D eigenvalue weighted by molar-refractivity contribution is 0.845. The summed E-state index contributed by atoms with van der Waals surface area (Å²) in [6.07, 6.45) is 0. The number of hydrogen-bond acceptors (Lipinski definition) is 2. The summed E-state index contributed by atoms with van der Waals surface area (Å²) in [6.45, 7) is 9.09. The van der Waals surface area contributed by atoms with Crippen LogP contribution in [0.1, 0.15) is 65.4 Å². The molecular formula is C48H32S2. The maximum atomic E-state index is 2.53. The molecule has 0 aliphatic heterocycles. The van der Waals surface area contributed by atoms with Crippen LogP contribution in [0.15, 0.2) is 121 Å². The normalized spacial score (nSPS) is 16.2. The van der Waals surface area contributed by atoms with Crippen molar-refractivity contribution < 1.29 is 0 Å². The predicted molar refractivity (Wildman–Crippen MR) is 213 cm³/mol. The second-order valence-electron chi connectivity index (χ2n) is 15.1. The van der Waals surface area contributed by atoms with Gasteiger partial charge >= 0.3 is 0 Å². The lowest BCUT2D eigenvalue weighted by Gasteiger charge is -2.33. The molecule has 2 aromatic heterocycles. The van der Waals surface area contributed by atoms with Crippen molar-refractivity contribution >= 4 is 54.0 Å². The number of benzene rings is 6. The van der Waals surface area contributed by atoms with Crippen LogP contribution in [-0.4, -0.2) is 0 Å². The topological polar surface area (TPSA) is 0 Å². The van der Waals surface area contributed by atoms with E-state index in [1.165, 1.54) is 119 Å². The molecule has 2 spiro atoms. The lowest BCUT2D eigenvalue weighted by Crippen LogP contribution is -2.27. The Morgan fingerprint density at radius 3 is 1.04 bits per heavy atom. The molecule has 0 unspecified atom stereocenters. The van der Waals surface area contributed by atoms with Gasteiger partial charge in [-0.2, -0.15) is 0 Å². The minimum absolute atomic E-state index is 0.428. The average molecular weight is 673 g/mol. The highest BCUT2D eigenvalue weighted by atomic mass is 32.1. The molecule has 0 N–H and O–H groups in total. The minimum Gasteiger partial charge on any atom is -0.135 e. The molecular weight excluding hydrogens is 641 g/mol. The van der Waals surface area contributed by atoms with E-state index in [9.17, 15) is 0 Å². The Kier molecular flexibility index (Phi) is 5.00. The van der Waals surface area contributed by atoms with Crippen LogP contribution in [0.2, 0.25) is 0 Å². The van der Waals surface area contributed by atoms with Crippen LogP contribution in [0.25, 0.3) is 53.6 Å². The molecule has 0 amide bonds. The van der Waals surface area contributed by atoms with Crippen molar-refractivity contribution in [2.24, 2.45) is 0 Å². The van der Waals surface area contributed by atoms with Gasteiger partial charge in [0.2, 0.25) is 0 Å². The molecule has 0 bridgehead atoms. The van der Waals surface area contributed by atoms with Crippen LogP contribution in [-0.2, 0) is 10.8 Å². The summed E-state index contributed by atoms with van der Waals surface area (Å²) >= 11 is 4.05. The molecule has 0 atom stereocenters. The highest BCUT2D eigenvalue weighted by Crippen LogP contribution is 2.77. The molecule has 2 heteroatoms. The smallest absolute Gasteiger partial charge is 0.0751 e. The van der Waals surface area contributed by atoms with Crippen molar-refractivity contribution in [3.05, 3.63) is 187 Å². The Hall–Kier alpha value is -5.02. The Morgan fingerprint density at radius 1 is 0.380 bits per heavy atom.